The molecule has 5 nitrogen and oxygen atoms in total. The Hall–Kier alpha value is -1.14. The summed E-state index contributed by atoms with van der Waals surface area (Å²) in [6, 6.07) is 3.52. The monoisotopic (exact) mass is 297 g/mol. The molecule has 2 rings (SSSR count). The SMILES string of the molecule is CCCNc1cccnc1S(=O)(=O)N(C)CC1CC1C. The molecule has 0 bridgehead atoms. The van der Waals surface area contributed by atoms with E-state index in [1.54, 1.807) is 19.2 Å². The zero-order chi connectivity index (χ0) is 14.8. The second kappa shape index (κ2) is 6.10. The molecule has 2 unspecified atom stereocenters. The maximum absolute atomic E-state index is 12.6. The van der Waals surface area contributed by atoms with Crippen LogP contribution in [0, 0.1) is 11.8 Å². The molecule has 0 radical (unpaired) electrons. The molecule has 6 heteroatoms. The first-order valence-electron chi connectivity index (χ1n) is 7.12. The Kier molecular flexibility index (Phi) is 4.65. The van der Waals surface area contributed by atoms with Crippen LogP contribution in [0.5, 0.6) is 0 Å². The van der Waals surface area contributed by atoms with Crippen molar-refractivity contribution in [1.29, 1.82) is 0 Å². The van der Waals surface area contributed by atoms with Gasteiger partial charge in [0.1, 0.15) is 0 Å². The Bertz CT molecular complexity index is 559. The van der Waals surface area contributed by atoms with Gasteiger partial charge in [-0.25, -0.2) is 13.4 Å². The van der Waals surface area contributed by atoms with Crippen molar-refractivity contribution < 1.29 is 8.42 Å². The molecule has 1 heterocycles. The zero-order valence-electron chi connectivity index (χ0n) is 12.3. The molecule has 0 saturated heterocycles. The van der Waals surface area contributed by atoms with Gasteiger partial charge in [0.2, 0.25) is 0 Å². The summed E-state index contributed by atoms with van der Waals surface area (Å²) >= 11 is 0. The second-order valence-corrected chi connectivity index (χ2v) is 7.50. The molecule has 1 aliphatic carbocycles. The second-order valence-electron chi connectivity index (χ2n) is 5.54. The lowest BCUT2D eigenvalue weighted by Gasteiger charge is -2.18. The molecule has 1 saturated carbocycles. The average Bonchev–Trinajstić information content (AvgIpc) is 3.12. The molecule has 0 aromatic carbocycles. The number of pyridine rings is 1. The van der Waals surface area contributed by atoms with Crippen LogP contribution >= 0.6 is 0 Å². The van der Waals surface area contributed by atoms with Crippen molar-refractivity contribution in [3.8, 4) is 0 Å². The molecule has 2 atom stereocenters. The highest BCUT2D eigenvalue weighted by Gasteiger charge is 2.37. The lowest BCUT2D eigenvalue weighted by atomic mass is 10.3. The molecule has 0 amide bonds. The van der Waals surface area contributed by atoms with Gasteiger partial charge in [0, 0.05) is 26.3 Å². The van der Waals surface area contributed by atoms with E-state index in [0.717, 1.165) is 19.4 Å². The molecule has 1 aromatic heterocycles. The van der Waals surface area contributed by atoms with Crippen molar-refractivity contribution in [3.05, 3.63) is 18.3 Å². The summed E-state index contributed by atoms with van der Waals surface area (Å²) in [5, 5.41) is 3.26. The van der Waals surface area contributed by atoms with Gasteiger partial charge in [-0.15, -0.1) is 0 Å². The van der Waals surface area contributed by atoms with E-state index in [-0.39, 0.29) is 5.03 Å². The van der Waals surface area contributed by atoms with Crippen molar-refractivity contribution in [2.75, 3.05) is 25.5 Å². The number of hydrogen-bond acceptors (Lipinski definition) is 4. The molecular formula is C14H23N3O2S. The van der Waals surface area contributed by atoms with E-state index in [1.807, 2.05) is 6.92 Å². The average molecular weight is 297 g/mol. The summed E-state index contributed by atoms with van der Waals surface area (Å²) in [7, 11) is -1.88. The zero-order valence-corrected chi connectivity index (χ0v) is 13.2. The van der Waals surface area contributed by atoms with E-state index in [9.17, 15) is 8.42 Å². The third-order valence-electron chi connectivity index (χ3n) is 3.76. The first-order valence-corrected chi connectivity index (χ1v) is 8.56. The quantitative estimate of drug-likeness (QED) is 0.838. The minimum atomic E-state index is -3.52. The van der Waals surface area contributed by atoms with Crippen LogP contribution in [0.25, 0.3) is 0 Å². The molecule has 1 aromatic rings. The summed E-state index contributed by atoms with van der Waals surface area (Å²) in [6.07, 6.45) is 3.57. The number of nitrogens with zero attached hydrogens (tertiary/aromatic N) is 2. The van der Waals surface area contributed by atoms with Gasteiger partial charge in [0.25, 0.3) is 10.0 Å². The van der Waals surface area contributed by atoms with E-state index in [2.05, 4.69) is 17.2 Å². The van der Waals surface area contributed by atoms with Crippen molar-refractivity contribution in [2.45, 2.75) is 31.7 Å². The number of rotatable bonds is 7. The van der Waals surface area contributed by atoms with Gasteiger partial charge in [0.15, 0.2) is 5.03 Å². The van der Waals surface area contributed by atoms with Crippen LogP contribution in [-0.4, -0.2) is 37.8 Å². The third kappa shape index (κ3) is 3.30. The summed E-state index contributed by atoms with van der Waals surface area (Å²) in [5.74, 6) is 1.12. The number of nitrogens with one attached hydrogen (secondary N) is 1. The summed E-state index contributed by atoms with van der Waals surface area (Å²) < 4.78 is 26.7. The van der Waals surface area contributed by atoms with Crippen molar-refractivity contribution in [2.24, 2.45) is 11.8 Å². The minimum Gasteiger partial charge on any atom is -0.383 e. The molecule has 0 aliphatic heterocycles. The molecule has 1 aliphatic rings. The Morgan fingerprint density at radius 2 is 2.20 bits per heavy atom. The first-order chi connectivity index (χ1) is 9.46. The highest BCUT2D eigenvalue weighted by atomic mass is 32.2. The van der Waals surface area contributed by atoms with Crippen molar-refractivity contribution in [1.82, 2.24) is 9.29 Å². The lowest BCUT2D eigenvalue weighted by molar-refractivity contribution is 0.442. The van der Waals surface area contributed by atoms with Gasteiger partial charge >= 0.3 is 0 Å². The molecule has 20 heavy (non-hydrogen) atoms. The summed E-state index contributed by atoms with van der Waals surface area (Å²) in [6.45, 7) is 5.50. The Morgan fingerprint density at radius 3 is 2.80 bits per heavy atom. The number of anilines is 1. The molecule has 112 valence electrons. The van der Waals surface area contributed by atoms with Gasteiger partial charge in [-0.3, -0.25) is 0 Å². The number of hydrogen-bond donors (Lipinski definition) is 1. The van der Waals surface area contributed by atoms with Crippen LogP contribution < -0.4 is 5.32 Å². The lowest BCUT2D eigenvalue weighted by Crippen LogP contribution is -2.30. The Labute approximate surface area is 121 Å². The van der Waals surface area contributed by atoms with Gasteiger partial charge in [-0.2, -0.15) is 4.31 Å². The van der Waals surface area contributed by atoms with E-state index in [4.69, 9.17) is 0 Å². The molecule has 1 N–H and O–H groups in total. The van der Waals surface area contributed by atoms with Crippen LogP contribution in [0.1, 0.15) is 26.7 Å². The van der Waals surface area contributed by atoms with E-state index in [0.29, 0.717) is 24.1 Å². The molecular weight excluding hydrogens is 274 g/mol. The fraction of sp³-hybridized carbons (Fsp3) is 0.643. The smallest absolute Gasteiger partial charge is 0.262 e. The predicted molar refractivity (Wildman–Crippen MR) is 80.1 cm³/mol. The Balaban J connectivity index is 2.19. The summed E-state index contributed by atoms with van der Waals surface area (Å²) in [4.78, 5) is 4.08. The van der Waals surface area contributed by atoms with Crippen LogP contribution in [0.15, 0.2) is 23.4 Å². The highest BCUT2D eigenvalue weighted by molar-refractivity contribution is 7.89. The number of sulfonamides is 1. The topological polar surface area (TPSA) is 62.3 Å². The predicted octanol–water partition coefficient (Wildman–Crippen LogP) is 2.18. The summed E-state index contributed by atoms with van der Waals surface area (Å²) in [5.41, 5.74) is 0.588. The normalized spacial score (nSPS) is 22.0. The number of aromatic nitrogens is 1. The first kappa shape index (κ1) is 15.3. The maximum Gasteiger partial charge on any atom is 0.262 e. The van der Waals surface area contributed by atoms with Crippen LogP contribution in [0.2, 0.25) is 0 Å². The Morgan fingerprint density at radius 1 is 1.50 bits per heavy atom. The van der Waals surface area contributed by atoms with Crippen molar-refractivity contribution in [3.63, 3.8) is 0 Å². The minimum absolute atomic E-state index is 0.129. The van der Waals surface area contributed by atoms with Crippen LogP contribution in [0.3, 0.4) is 0 Å². The van der Waals surface area contributed by atoms with E-state index in [1.165, 1.54) is 10.5 Å². The molecule has 1 fully saturated rings. The van der Waals surface area contributed by atoms with Gasteiger partial charge < -0.3 is 5.32 Å². The van der Waals surface area contributed by atoms with E-state index >= 15 is 0 Å². The van der Waals surface area contributed by atoms with Gasteiger partial charge in [0.05, 0.1) is 5.69 Å². The highest BCUT2D eigenvalue weighted by Crippen LogP contribution is 2.38. The largest absolute Gasteiger partial charge is 0.383 e. The van der Waals surface area contributed by atoms with Crippen LogP contribution in [-0.2, 0) is 10.0 Å². The fourth-order valence-electron chi connectivity index (χ4n) is 2.22. The van der Waals surface area contributed by atoms with Gasteiger partial charge in [-0.05, 0) is 36.8 Å². The van der Waals surface area contributed by atoms with E-state index < -0.39 is 10.0 Å². The fourth-order valence-corrected chi connectivity index (χ4v) is 3.52. The maximum atomic E-state index is 12.6. The van der Waals surface area contributed by atoms with Crippen LogP contribution in [0.4, 0.5) is 5.69 Å². The third-order valence-corrected chi connectivity index (χ3v) is 5.54. The standard InChI is InChI=1S/C14H23N3O2S/c1-4-7-15-13-6-5-8-16-14(13)20(18,19)17(3)10-12-9-11(12)2/h5-6,8,11-12,15H,4,7,9-10H2,1-3H3. The van der Waals surface area contributed by atoms with Gasteiger partial charge in [-0.1, -0.05) is 13.8 Å². The van der Waals surface area contributed by atoms with Crippen molar-refractivity contribution >= 4 is 15.7 Å². The molecule has 0 spiro atoms.